The van der Waals surface area contributed by atoms with Crippen LogP contribution < -0.4 is 0 Å². The van der Waals surface area contributed by atoms with Crippen LogP contribution in [0.15, 0.2) is 0 Å². The Morgan fingerprint density at radius 3 is 1.92 bits per heavy atom. The van der Waals surface area contributed by atoms with Crippen LogP contribution in [0.3, 0.4) is 0 Å². The summed E-state index contributed by atoms with van der Waals surface area (Å²) in [4.78, 5) is 45.7. The summed E-state index contributed by atoms with van der Waals surface area (Å²) in [6.07, 6.45) is -9.30. The Morgan fingerprint density at radius 1 is 0.875 bits per heavy atom. The molecule has 0 radical (unpaired) electrons. The number of esters is 4. The molecule has 1 aliphatic rings. The van der Waals surface area contributed by atoms with Gasteiger partial charge in [0.25, 0.3) is 0 Å². The molecule has 0 saturated carbocycles. The molecular weight excluding hydrogens is 331 g/mol. The fourth-order valence-electron chi connectivity index (χ4n) is 2.03. The monoisotopic (exact) mass is 354 g/mol. The van der Waals surface area contributed by atoms with Crippen LogP contribution in [-0.4, -0.2) is 61.3 Å². The molecule has 1 aliphatic heterocycles. The van der Waals surface area contributed by atoms with Gasteiger partial charge in [0, 0.05) is 33.1 Å². The van der Waals surface area contributed by atoms with Crippen LogP contribution in [0, 0.1) is 0 Å². The second-order valence-corrected chi connectivity index (χ2v) is 4.57. The summed E-state index contributed by atoms with van der Waals surface area (Å²) in [7, 11) is 0. The second-order valence-electron chi connectivity index (χ2n) is 4.57. The van der Waals surface area contributed by atoms with Gasteiger partial charge in [0.15, 0.2) is 18.3 Å². The van der Waals surface area contributed by atoms with Crippen LogP contribution in [0.1, 0.15) is 33.1 Å². The molecule has 1 fully saturated rings. The largest absolute Gasteiger partial charge is 0.463 e. The molecule has 0 spiro atoms. The normalized spacial score (nSPS) is 31.5. The molecule has 9 nitrogen and oxygen atoms in total. The lowest BCUT2D eigenvalue weighted by Gasteiger charge is -2.41. The van der Waals surface area contributed by atoms with Crippen molar-refractivity contribution in [3.05, 3.63) is 0 Å². The first-order chi connectivity index (χ1) is 13.3. The van der Waals surface area contributed by atoms with E-state index in [2.05, 4.69) is 4.74 Å². The van der Waals surface area contributed by atoms with Gasteiger partial charge in [-0.05, 0) is 0 Å². The van der Waals surface area contributed by atoms with E-state index in [1.165, 1.54) is 0 Å². The van der Waals surface area contributed by atoms with Crippen molar-refractivity contribution in [1.82, 2.24) is 0 Å². The molecule has 0 aromatic carbocycles. The summed E-state index contributed by atoms with van der Waals surface area (Å²) in [6, 6.07) is 0. The fraction of sp³-hybridized carbons (Fsp3) is 0.714. The van der Waals surface area contributed by atoms with Crippen molar-refractivity contribution in [3.63, 3.8) is 0 Å². The van der Waals surface area contributed by atoms with Gasteiger partial charge in [-0.3, -0.25) is 19.2 Å². The SMILES string of the molecule is [2H]CC(=O)OC[C@H]1OC(F)[C@@H](OC(=O)C[2H])[C@@H](OC(=O)C[2H])[C@@H]1OC(=O)C[2H]. The van der Waals surface area contributed by atoms with Gasteiger partial charge in [-0.2, -0.15) is 0 Å². The number of alkyl halides is 1. The third kappa shape index (κ3) is 5.76. The Kier molecular flexibility index (Phi) is 5.05. The first kappa shape index (κ1) is 14.1. The number of carbonyl (C=O) groups excluding carboxylic acids is 4. The zero-order valence-corrected chi connectivity index (χ0v) is 12.5. The highest BCUT2D eigenvalue weighted by molar-refractivity contribution is 5.68. The van der Waals surface area contributed by atoms with E-state index in [1.54, 1.807) is 0 Å². The molecule has 24 heavy (non-hydrogen) atoms. The zero-order valence-electron chi connectivity index (χ0n) is 16.5. The Bertz CT molecular complexity index is 579. The lowest BCUT2D eigenvalue weighted by molar-refractivity contribution is -0.277. The van der Waals surface area contributed by atoms with Crippen LogP contribution in [0.5, 0.6) is 0 Å². The summed E-state index contributed by atoms with van der Waals surface area (Å²) in [5, 5.41) is 0. The van der Waals surface area contributed by atoms with E-state index in [4.69, 9.17) is 24.4 Å². The Hall–Kier alpha value is -2.23. The molecule has 5 atom stereocenters. The Balaban J connectivity index is 3.17. The molecule has 136 valence electrons. The number of hydrogen-bond acceptors (Lipinski definition) is 9. The quantitative estimate of drug-likeness (QED) is 0.498. The molecule has 1 heterocycles. The molecule has 0 aromatic rings. The highest BCUT2D eigenvalue weighted by Crippen LogP contribution is 2.29. The number of carbonyl (C=O) groups is 4. The molecule has 1 saturated heterocycles. The zero-order chi connectivity index (χ0) is 21.3. The predicted octanol–water partition coefficient (Wildman–Crippen LogP) is 0.0390. The molecule has 0 N–H and O–H groups in total. The average Bonchev–Trinajstić information content (AvgIpc) is 2.69. The maximum absolute atomic E-state index is 14.4. The number of rotatable bonds is 5. The van der Waals surface area contributed by atoms with Crippen LogP contribution in [0.4, 0.5) is 4.39 Å². The standard InChI is InChI=1S/C14H19FO9/c1-6(16)20-5-10-11(21-7(2)17)12(22-8(3)18)13(14(15)24-10)23-9(4)19/h10-14H,5H2,1-4H3/t10-,11-,12+,13+,14?/m1/s1/i1D,2D,3D,4D. The highest BCUT2D eigenvalue weighted by atomic mass is 19.1. The molecule has 1 unspecified atom stereocenters. The van der Waals surface area contributed by atoms with E-state index in [9.17, 15) is 23.6 Å². The first-order valence-electron chi connectivity index (χ1n) is 9.30. The Labute approximate surface area is 142 Å². The topological polar surface area (TPSA) is 114 Å². The number of ether oxygens (including phenoxy) is 5. The van der Waals surface area contributed by atoms with Gasteiger partial charge in [0.1, 0.15) is 12.7 Å². The average molecular weight is 354 g/mol. The predicted molar refractivity (Wildman–Crippen MR) is 73.1 cm³/mol. The third-order valence-corrected chi connectivity index (χ3v) is 2.79. The van der Waals surface area contributed by atoms with E-state index in [0.29, 0.717) is 0 Å². The van der Waals surface area contributed by atoms with Crippen molar-refractivity contribution in [2.45, 2.75) is 58.4 Å². The lowest BCUT2D eigenvalue weighted by Crippen LogP contribution is -2.61. The van der Waals surface area contributed by atoms with Crippen molar-refractivity contribution in [3.8, 4) is 0 Å². The lowest BCUT2D eigenvalue weighted by atomic mass is 9.98. The van der Waals surface area contributed by atoms with Gasteiger partial charge in [0.05, 0.1) is 0 Å². The van der Waals surface area contributed by atoms with Gasteiger partial charge < -0.3 is 23.7 Å². The third-order valence-electron chi connectivity index (χ3n) is 2.79. The fourth-order valence-corrected chi connectivity index (χ4v) is 2.03. The van der Waals surface area contributed by atoms with Crippen molar-refractivity contribution < 1.29 is 52.7 Å². The summed E-state index contributed by atoms with van der Waals surface area (Å²) in [5.74, 6) is -4.47. The van der Waals surface area contributed by atoms with Crippen LogP contribution >= 0.6 is 0 Å². The second kappa shape index (κ2) is 8.57. The molecule has 10 heteroatoms. The van der Waals surface area contributed by atoms with E-state index in [-0.39, 0.29) is 0 Å². The van der Waals surface area contributed by atoms with Crippen molar-refractivity contribution >= 4 is 23.9 Å². The van der Waals surface area contributed by atoms with Gasteiger partial charge >= 0.3 is 23.9 Å². The molecule has 0 amide bonds. The van der Waals surface area contributed by atoms with Crippen molar-refractivity contribution in [1.29, 1.82) is 0 Å². The maximum Gasteiger partial charge on any atom is 0.303 e. The summed E-state index contributed by atoms with van der Waals surface area (Å²) in [6.45, 7) is -4.06. The van der Waals surface area contributed by atoms with E-state index >= 15 is 0 Å². The first-order valence-corrected chi connectivity index (χ1v) is 6.47. The summed E-state index contributed by atoms with van der Waals surface area (Å²) >= 11 is 0. The van der Waals surface area contributed by atoms with Gasteiger partial charge in [-0.25, -0.2) is 4.39 Å². The van der Waals surface area contributed by atoms with Gasteiger partial charge in [-0.15, -0.1) is 0 Å². The highest BCUT2D eigenvalue weighted by Gasteiger charge is 2.52. The minimum atomic E-state index is -2.41. The molecule has 0 bridgehead atoms. The maximum atomic E-state index is 14.4. The van der Waals surface area contributed by atoms with E-state index < -0.39 is 88.9 Å². The van der Waals surface area contributed by atoms with E-state index in [1.807, 2.05) is 0 Å². The number of hydrogen-bond donors (Lipinski definition) is 0. The molecule has 1 rings (SSSR count). The number of halogens is 1. The minimum Gasteiger partial charge on any atom is -0.463 e. The van der Waals surface area contributed by atoms with Crippen molar-refractivity contribution in [2.24, 2.45) is 0 Å². The minimum absolute atomic E-state index is 0.692. The molecular formula is C14H19FO9. The summed E-state index contributed by atoms with van der Waals surface area (Å²) in [5.41, 5.74) is 0. The van der Waals surface area contributed by atoms with Crippen molar-refractivity contribution in [2.75, 3.05) is 6.61 Å². The molecule has 0 aliphatic carbocycles. The summed E-state index contributed by atoms with van der Waals surface area (Å²) < 4.78 is 66.4. The molecule has 0 aromatic heterocycles. The van der Waals surface area contributed by atoms with Crippen LogP contribution in [0.25, 0.3) is 0 Å². The van der Waals surface area contributed by atoms with Crippen LogP contribution in [-0.2, 0) is 42.9 Å². The van der Waals surface area contributed by atoms with Gasteiger partial charge in [-0.1, -0.05) is 0 Å². The van der Waals surface area contributed by atoms with Gasteiger partial charge in [0.2, 0.25) is 6.36 Å². The van der Waals surface area contributed by atoms with Crippen LogP contribution in [0.2, 0.25) is 0 Å². The smallest absolute Gasteiger partial charge is 0.303 e. The van der Waals surface area contributed by atoms with E-state index in [0.717, 1.165) is 0 Å². The Morgan fingerprint density at radius 2 is 1.38 bits per heavy atom.